The van der Waals surface area contributed by atoms with E-state index in [1.807, 2.05) is 30.9 Å². The molecule has 24 heavy (non-hydrogen) atoms. The summed E-state index contributed by atoms with van der Waals surface area (Å²) < 4.78 is 5.91. The van der Waals surface area contributed by atoms with Crippen molar-refractivity contribution in [2.24, 2.45) is 5.92 Å². The van der Waals surface area contributed by atoms with Gasteiger partial charge in [-0.1, -0.05) is 0 Å². The minimum absolute atomic E-state index is 0.0955. The number of carbonyl (C=O) groups is 2. The largest absolute Gasteiger partial charge is 0.489 e. The Morgan fingerprint density at radius 1 is 1.33 bits per heavy atom. The maximum Gasteiger partial charge on any atom is 0.227 e. The number of hydrogen-bond donors (Lipinski definition) is 0. The van der Waals surface area contributed by atoms with Crippen LogP contribution in [0.1, 0.15) is 33.1 Å². The Morgan fingerprint density at radius 3 is 2.67 bits per heavy atom. The number of pyridine rings is 1. The normalized spacial score (nSPS) is 22.3. The van der Waals surface area contributed by atoms with E-state index in [1.165, 1.54) is 0 Å². The first-order chi connectivity index (χ1) is 11.5. The highest BCUT2D eigenvalue weighted by Gasteiger charge is 2.38. The fourth-order valence-electron chi connectivity index (χ4n) is 3.46. The van der Waals surface area contributed by atoms with Crippen LogP contribution in [0.25, 0.3) is 0 Å². The summed E-state index contributed by atoms with van der Waals surface area (Å²) in [6.07, 6.45) is 5.53. The monoisotopic (exact) mass is 331 g/mol. The molecule has 1 aromatic heterocycles. The molecule has 0 saturated carbocycles. The zero-order chi connectivity index (χ0) is 17.1. The van der Waals surface area contributed by atoms with E-state index in [0.717, 1.165) is 18.6 Å². The summed E-state index contributed by atoms with van der Waals surface area (Å²) in [7, 11) is 0. The van der Waals surface area contributed by atoms with Crippen LogP contribution in [0.3, 0.4) is 0 Å². The summed E-state index contributed by atoms with van der Waals surface area (Å²) in [4.78, 5) is 32.4. The second kappa shape index (κ2) is 7.20. The SMILES string of the molecule is CC(C)N1CC(C(=O)N2CCC(Oc3cccnc3)CC2)CC1=O. The Bertz CT molecular complexity index is 582. The van der Waals surface area contributed by atoms with Gasteiger partial charge in [0.1, 0.15) is 11.9 Å². The molecule has 1 atom stereocenters. The molecule has 0 bridgehead atoms. The molecule has 2 aliphatic rings. The summed E-state index contributed by atoms with van der Waals surface area (Å²) in [5, 5.41) is 0. The number of hydrogen-bond acceptors (Lipinski definition) is 4. The first-order valence-electron chi connectivity index (χ1n) is 8.69. The van der Waals surface area contributed by atoms with Crippen LogP contribution in [0.4, 0.5) is 0 Å². The second-order valence-electron chi connectivity index (χ2n) is 6.87. The first kappa shape index (κ1) is 16.7. The molecule has 0 N–H and O–H groups in total. The number of nitrogens with zero attached hydrogens (tertiary/aromatic N) is 3. The van der Waals surface area contributed by atoms with Gasteiger partial charge in [0, 0.05) is 51.1 Å². The van der Waals surface area contributed by atoms with Gasteiger partial charge in [-0.05, 0) is 26.0 Å². The molecule has 6 nitrogen and oxygen atoms in total. The van der Waals surface area contributed by atoms with Gasteiger partial charge in [-0.3, -0.25) is 14.6 Å². The van der Waals surface area contributed by atoms with Gasteiger partial charge < -0.3 is 14.5 Å². The van der Waals surface area contributed by atoms with Gasteiger partial charge in [-0.2, -0.15) is 0 Å². The minimum atomic E-state index is -0.185. The molecule has 130 valence electrons. The highest BCUT2D eigenvalue weighted by molar-refractivity contribution is 5.89. The lowest BCUT2D eigenvalue weighted by Gasteiger charge is -2.33. The van der Waals surface area contributed by atoms with E-state index < -0.39 is 0 Å². The van der Waals surface area contributed by atoms with Crippen LogP contribution in [-0.2, 0) is 9.59 Å². The van der Waals surface area contributed by atoms with Crippen molar-refractivity contribution in [1.29, 1.82) is 0 Å². The van der Waals surface area contributed by atoms with E-state index in [0.29, 0.717) is 26.1 Å². The Hall–Kier alpha value is -2.11. The van der Waals surface area contributed by atoms with Gasteiger partial charge in [0.2, 0.25) is 11.8 Å². The molecule has 1 unspecified atom stereocenters. The van der Waals surface area contributed by atoms with Gasteiger partial charge >= 0.3 is 0 Å². The third kappa shape index (κ3) is 3.68. The molecule has 1 aromatic rings. The molecule has 0 spiro atoms. The Kier molecular flexibility index (Phi) is 5.02. The number of aromatic nitrogens is 1. The molecule has 3 rings (SSSR count). The van der Waals surface area contributed by atoms with Crippen LogP contribution < -0.4 is 4.74 Å². The smallest absolute Gasteiger partial charge is 0.227 e. The highest BCUT2D eigenvalue weighted by atomic mass is 16.5. The number of piperidine rings is 1. The Labute approximate surface area is 142 Å². The van der Waals surface area contributed by atoms with Gasteiger partial charge in [-0.25, -0.2) is 0 Å². The predicted molar refractivity (Wildman–Crippen MR) is 89.4 cm³/mol. The van der Waals surface area contributed by atoms with Crippen molar-refractivity contribution in [2.75, 3.05) is 19.6 Å². The van der Waals surface area contributed by atoms with Crippen molar-refractivity contribution >= 4 is 11.8 Å². The summed E-state index contributed by atoms with van der Waals surface area (Å²) in [6, 6.07) is 3.91. The van der Waals surface area contributed by atoms with Crippen LogP contribution in [-0.4, -0.2) is 58.4 Å². The van der Waals surface area contributed by atoms with Crippen molar-refractivity contribution in [3.8, 4) is 5.75 Å². The minimum Gasteiger partial charge on any atom is -0.489 e. The van der Waals surface area contributed by atoms with E-state index in [4.69, 9.17) is 4.74 Å². The summed E-state index contributed by atoms with van der Waals surface area (Å²) in [5.41, 5.74) is 0. The maximum atomic E-state index is 12.7. The Balaban J connectivity index is 1.50. The summed E-state index contributed by atoms with van der Waals surface area (Å²) in [5.74, 6) is 0.802. The van der Waals surface area contributed by atoms with E-state index in [9.17, 15) is 9.59 Å². The quantitative estimate of drug-likeness (QED) is 0.842. The van der Waals surface area contributed by atoms with Gasteiger partial charge in [-0.15, -0.1) is 0 Å². The third-order valence-corrected chi connectivity index (χ3v) is 4.82. The van der Waals surface area contributed by atoms with Crippen molar-refractivity contribution in [3.63, 3.8) is 0 Å². The molecule has 2 aliphatic heterocycles. The molecule has 0 aromatic carbocycles. The zero-order valence-electron chi connectivity index (χ0n) is 14.4. The van der Waals surface area contributed by atoms with Crippen LogP contribution >= 0.6 is 0 Å². The maximum absolute atomic E-state index is 12.7. The lowest BCUT2D eigenvalue weighted by atomic mass is 10.0. The molecule has 0 radical (unpaired) electrons. The molecule has 3 heterocycles. The number of likely N-dealkylation sites (tertiary alicyclic amines) is 2. The first-order valence-corrected chi connectivity index (χ1v) is 8.69. The Morgan fingerprint density at radius 2 is 2.08 bits per heavy atom. The standard InChI is InChI=1S/C18H25N3O3/c1-13(2)21-12-14(10-17(21)22)18(23)20-8-5-15(6-9-20)24-16-4-3-7-19-11-16/h3-4,7,11,13-15H,5-6,8-10,12H2,1-2H3. The van der Waals surface area contributed by atoms with E-state index >= 15 is 0 Å². The van der Waals surface area contributed by atoms with Crippen molar-refractivity contribution in [2.45, 2.75) is 45.3 Å². The summed E-state index contributed by atoms with van der Waals surface area (Å²) in [6.45, 7) is 5.92. The molecular weight excluding hydrogens is 306 g/mol. The van der Waals surface area contributed by atoms with E-state index in [-0.39, 0.29) is 29.9 Å². The van der Waals surface area contributed by atoms with E-state index in [1.54, 1.807) is 17.3 Å². The lowest BCUT2D eigenvalue weighted by Crippen LogP contribution is -2.45. The summed E-state index contributed by atoms with van der Waals surface area (Å²) >= 11 is 0. The molecular formula is C18H25N3O3. The second-order valence-corrected chi connectivity index (χ2v) is 6.87. The fraction of sp³-hybridized carbons (Fsp3) is 0.611. The topological polar surface area (TPSA) is 62.7 Å². The van der Waals surface area contributed by atoms with Gasteiger partial charge in [0.05, 0.1) is 12.1 Å². The van der Waals surface area contributed by atoms with Gasteiger partial charge in [0.15, 0.2) is 0 Å². The highest BCUT2D eigenvalue weighted by Crippen LogP contribution is 2.25. The number of carbonyl (C=O) groups excluding carboxylic acids is 2. The van der Waals surface area contributed by atoms with Crippen LogP contribution in [0, 0.1) is 5.92 Å². The average Bonchev–Trinajstić information content (AvgIpc) is 2.98. The predicted octanol–water partition coefficient (Wildman–Crippen LogP) is 1.71. The van der Waals surface area contributed by atoms with Crippen molar-refractivity contribution in [3.05, 3.63) is 24.5 Å². The van der Waals surface area contributed by atoms with Crippen molar-refractivity contribution < 1.29 is 14.3 Å². The third-order valence-electron chi connectivity index (χ3n) is 4.82. The molecule has 2 amide bonds. The van der Waals surface area contributed by atoms with Crippen molar-refractivity contribution in [1.82, 2.24) is 14.8 Å². The average molecular weight is 331 g/mol. The molecule has 6 heteroatoms. The lowest BCUT2D eigenvalue weighted by molar-refractivity contribution is -0.137. The van der Waals surface area contributed by atoms with Crippen LogP contribution in [0.5, 0.6) is 5.75 Å². The molecule has 2 saturated heterocycles. The molecule has 0 aliphatic carbocycles. The number of ether oxygens (including phenoxy) is 1. The van der Waals surface area contributed by atoms with Crippen LogP contribution in [0.15, 0.2) is 24.5 Å². The van der Waals surface area contributed by atoms with E-state index in [2.05, 4.69) is 4.98 Å². The van der Waals surface area contributed by atoms with Gasteiger partial charge in [0.25, 0.3) is 0 Å². The van der Waals surface area contributed by atoms with Crippen LogP contribution in [0.2, 0.25) is 0 Å². The fourth-order valence-corrected chi connectivity index (χ4v) is 3.46. The number of rotatable bonds is 4. The number of amides is 2. The zero-order valence-corrected chi connectivity index (χ0v) is 14.4. The molecule has 2 fully saturated rings.